The first-order chi connectivity index (χ1) is 12.3. The van der Waals surface area contributed by atoms with Crippen LogP contribution in [0.5, 0.6) is 11.5 Å². The Bertz CT molecular complexity index is 722. The predicted molar refractivity (Wildman–Crippen MR) is 98.0 cm³/mol. The molecule has 0 radical (unpaired) electrons. The molecule has 0 spiro atoms. The van der Waals surface area contributed by atoms with Crippen molar-refractivity contribution in [3.05, 3.63) is 60.2 Å². The Balaban J connectivity index is 1.55. The van der Waals surface area contributed by atoms with Gasteiger partial charge in [0.25, 0.3) is 5.91 Å². The van der Waals surface area contributed by atoms with Crippen molar-refractivity contribution >= 4 is 5.91 Å². The number of benzene rings is 2. The van der Waals surface area contributed by atoms with E-state index < -0.39 is 0 Å². The molecular weight excluding hydrogens is 312 g/mol. The van der Waals surface area contributed by atoms with Crippen molar-refractivity contribution < 1.29 is 9.53 Å². The fraction of sp³-hybridized carbons (Fsp3) is 0.381. The number of amides is 1. The van der Waals surface area contributed by atoms with Gasteiger partial charge < -0.3 is 15.0 Å². The van der Waals surface area contributed by atoms with Crippen molar-refractivity contribution in [1.29, 1.82) is 0 Å². The average molecular weight is 336 g/mol. The molecule has 2 aromatic carbocycles. The van der Waals surface area contributed by atoms with Crippen LogP contribution < -0.4 is 10.1 Å². The molecular formula is C21H24N2O2. The third kappa shape index (κ3) is 3.54. The molecule has 4 nitrogen and oxygen atoms in total. The molecule has 1 saturated heterocycles. The highest BCUT2D eigenvalue weighted by Crippen LogP contribution is 2.30. The number of nitrogens with zero attached hydrogens (tertiary/aromatic N) is 1. The smallest absolute Gasteiger partial charge is 0.254 e. The van der Waals surface area contributed by atoms with E-state index in [1.807, 2.05) is 54.6 Å². The number of nitrogens with one attached hydrogen (secondary N) is 1. The summed E-state index contributed by atoms with van der Waals surface area (Å²) in [5, 5.41) is 3.39. The Kier molecular flexibility index (Phi) is 4.70. The van der Waals surface area contributed by atoms with Gasteiger partial charge in [0.2, 0.25) is 0 Å². The van der Waals surface area contributed by atoms with Crippen LogP contribution in [0.4, 0.5) is 0 Å². The van der Waals surface area contributed by atoms with E-state index in [0.717, 1.165) is 38.1 Å². The first kappa shape index (κ1) is 16.2. The highest BCUT2D eigenvalue weighted by atomic mass is 16.5. The number of ether oxygens (including phenoxy) is 1. The maximum Gasteiger partial charge on any atom is 0.254 e. The van der Waals surface area contributed by atoms with Crippen molar-refractivity contribution in [3.63, 3.8) is 0 Å². The van der Waals surface area contributed by atoms with Gasteiger partial charge in [-0.2, -0.15) is 0 Å². The SMILES string of the molecule is O=C(c1cccc(Oc2ccccc2)c1)N(C1CCC1)C1CCNC1. The quantitative estimate of drug-likeness (QED) is 0.902. The lowest BCUT2D eigenvalue weighted by atomic mass is 9.89. The van der Waals surface area contributed by atoms with Gasteiger partial charge in [-0.25, -0.2) is 0 Å². The number of hydrogen-bond acceptors (Lipinski definition) is 3. The zero-order chi connectivity index (χ0) is 17.1. The zero-order valence-corrected chi connectivity index (χ0v) is 14.4. The Morgan fingerprint density at radius 1 is 0.960 bits per heavy atom. The fourth-order valence-electron chi connectivity index (χ4n) is 3.64. The van der Waals surface area contributed by atoms with Crippen LogP contribution in [0.15, 0.2) is 54.6 Å². The molecule has 25 heavy (non-hydrogen) atoms. The van der Waals surface area contributed by atoms with Crippen molar-refractivity contribution in [2.45, 2.75) is 37.8 Å². The van der Waals surface area contributed by atoms with Crippen molar-refractivity contribution in [3.8, 4) is 11.5 Å². The van der Waals surface area contributed by atoms with Crippen LogP contribution >= 0.6 is 0 Å². The zero-order valence-electron chi connectivity index (χ0n) is 14.4. The van der Waals surface area contributed by atoms with Crippen LogP contribution in [0.2, 0.25) is 0 Å². The minimum Gasteiger partial charge on any atom is -0.457 e. The summed E-state index contributed by atoms with van der Waals surface area (Å²) >= 11 is 0. The third-order valence-electron chi connectivity index (χ3n) is 5.19. The summed E-state index contributed by atoms with van der Waals surface area (Å²) in [5.41, 5.74) is 0.715. The molecule has 1 amide bonds. The van der Waals surface area contributed by atoms with E-state index in [4.69, 9.17) is 4.74 Å². The van der Waals surface area contributed by atoms with Gasteiger partial charge in [-0.3, -0.25) is 4.79 Å². The van der Waals surface area contributed by atoms with Crippen LogP contribution in [-0.2, 0) is 0 Å². The lowest BCUT2D eigenvalue weighted by Gasteiger charge is -2.41. The molecule has 1 unspecified atom stereocenters. The summed E-state index contributed by atoms with van der Waals surface area (Å²) in [4.78, 5) is 15.3. The summed E-state index contributed by atoms with van der Waals surface area (Å²) in [6.45, 7) is 1.90. The standard InChI is InChI=1S/C21H24N2O2/c24-21(23(17-7-5-8-17)18-12-13-22-15-18)16-6-4-11-20(14-16)25-19-9-2-1-3-10-19/h1-4,6,9-11,14,17-18,22H,5,7-8,12-13,15H2. The lowest BCUT2D eigenvalue weighted by molar-refractivity contribution is 0.0465. The third-order valence-corrected chi connectivity index (χ3v) is 5.19. The first-order valence-electron chi connectivity index (χ1n) is 9.17. The largest absolute Gasteiger partial charge is 0.457 e. The van der Waals surface area contributed by atoms with Gasteiger partial charge in [0.1, 0.15) is 11.5 Å². The van der Waals surface area contributed by atoms with Crippen LogP contribution in [-0.4, -0.2) is 36.0 Å². The molecule has 130 valence electrons. The predicted octanol–water partition coefficient (Wildman–Crippen LogP) is 3.84. The number of carbonyl (C=O) groups excluding carboxylic acids is 1. The normalized spacial score (nSPS) is 20.1. The molecule has 2 fully saturated rings. The molecule has 1 aliphatic carbocycles. The molecule has 2 aliphatic rings. The summed E-state index contributed by atoms with van der Waals surface area (Å²) in [6, 6.07) is 17.9. The minimum atomic E-state index is 0.136. The first-order valence-corrected chi connectivity index (χ1v) is 9.17. The highest BCUT2D eigenvalue weighted by Gasteiger charge is 2.35. The maximum absolute atomic E-state index is 13.2. The van der Waals surface area contributed by atoms with Gasteiger partial charge in [-0.15, -0.1) is 0 Å². The number of carbonyl (C=O) groups is 1. The van der Waals surface area contributed by atoms with Gasteiger partial charge in [-0.1, -0.05) is 24.3 Å². The fourth-order valence-corrected chi connectivity index (χ4v) is 3.64. The molecule has 0 bridgehead atoms. The Morgan fingerprint density at radius 2 is 1.76 bits per heavy atom. The maximum atomic E-state index is 13.2. The summed E-state index contributed by atoms with van der Waals surface area (Å²) in [7, 11) is 0. The van der Waals surface area contributed by atoms with E-state index in [-0.39, 0.29) is 5.91 Å². The Morgan fingerprint density at radius 3 is 2.44 bits per heavy atom. The molecule has 1 aliphatic heterocycles. The molecule has 4 heteroatoms. The van der Waals surface area contributed by atoms with Crippen LogP contribution in [0.1, 0.15) is 36.0 Å². The van der Waals surface area contributed by atoms with Crippen molar-refractivity contribution in [2.75, 3.05) is 13.1 Å². The number of para-hydroxylation sites is 1. The molecule has 2 aromatic rings. The van der Waals surface area contributed by atoms with E-state index in [1.54, 1.807) is 0 Å². The summed E-state index contributed by atoms with van der Waals surface area (Å²) in [6.07, 6.45) is 4.53. The minimum absolute atomic E-state index is 0.136. The van der Waals surface area contributed by atoms with E-state index in [0.29, 0.717) is 23.4 Å². The van der Waals surface area contributed by atoms with E-state index >= 15 is 0 Å². The summed E-state index contributed by atoms with van der Waals surface area (Å²) in [5.74, 6) is 1.62. The molecule has 1 atom stereocenters. The lowest BCUT2D eigenvalue weighted by Crippen LogP contribution is -2.50. The molecule has 1 heterocycles. The second kappa shape index (κ2) is 7.28. The topological polar surface area (TPSA) is 41.6 Å². The van der Waals surface area contributed by atoms with Crippen LogP contribution in [0.3, 0.4) is 0 Å². The molecule has 0 aromatic heterocycles. The second-order valence-electron chi connectivity index (χ2n) is 6.89. The van der Waals surface area contributed by atoms with E-state index in [1.165, 1.54) is 6.42 Å². The number of rotatable bonds is 5. The number of hydrogen-bond donors (Lipinski definition) is 1. The molecule has 1 N–H and O–H groups in total. The van der Waals surface area contributed by atoms with Gasteiger partial charge in [0.15, 0.2) is 0 Å². The van der Waals surface area contributed by atoms with Crippen LogP contribution in [0.25, 0.3) is 0 Å². The highest BCUT2D eigenvalue weighted by molar-refractivity contribution is 5.95. The van der Waals surface area contributed by atoms with Gasteiger partial charge in [0.05, 0.1) is 0 Å². The van der Waals surface area contributed by atoms with Gasteiger partial charge >= 0.3 is 0 Å². The molecule has 1 saturated carbocycles. The second-order valence-corrected chi connectivity index (χ2v) is 6.89. The van der Waals surface area contributed by atoms with Gasteiger partial charge in [0, 0.05) is 24.2 Å². The Labute approximate surface area is 148 Å². The molecule has 4 rings (SSSR count). The van der Waals surface area contributed by atoms with E-state index in [2.05, 4.69) is 10.2 Å². The van der Waals surface area contributed by atoms with Crippen molar-refractivity contribution in [2.24, 2.45) is 0 Å². The Hall–Kier alpha value is -2.33. The van der Waals surface area contributed by atoms with E-state index in [9.17, 15) is 4.79 Å². The van der Waals surface area contributed by atoms with Crippen LogP contribution in [0, 0.1) is 0 Å². The summed E-state index contributed by atoms with van der Waals surface area (Å²) < 4.78 is 5.89. The van der Waals surface area contributed by atoms with Gasteiger partial charge in [-0.05, 0) is 62.6 Å². The van der Waals surface area contributed by atoms with Crippen molar-refractivity contribution in [1.82, 2.24) is 10.2 Å². The monoisotopic (exact) mass is 336 g/mol. The average Bonchev–Trinajstić information content (AvgIpc) is 3.12.